The molecule has 0 aliphatic carbocycles. The van der Waals surface area contributed by atoms with Gasteiger partial charge in [-0.1, -0.05) is 48.0 Å². The molecular weight excluding hydrogens is 212 g/mol. The van der Waals surface area contributed by atoms with E-state index in [0.717, 1.165) is 11.3 Å². The number of aryl methyl sites for hydroxylation is 1. The summed E-state index contributed by atoms with van der Waals surface area (Å²) in [6.45, 7) is 2.90. The van der Waals surface area contributed by atoms with Crippen molar-refractivity contribution in [1.29, 1.82) is 0 Å². The summed E-state index contributed by atoms with van der Waals surface area (Å²) in [6, 6.07) is 18.0. The summed E-state index contributed by atoms with van der Waals surface area (Å²) >= 11 is 0. The highest BCUT2D eigenvalue weighted by Crippen LogP contribution is 2.11. The van der Waals surface area contributed by atoms with Crippen molar-refractivity contribution in [1.82, 2.24) is 0 Å². The monoisotopic (exact) mass is 228 g/mol. The van der Waals surface area contributed by atoms with E-state index in [4.69, 9.17) is 9.47 Å². The maximum atomic E-state index is 5.46. The molecule has 2 aromatic rings. The maximum absolute atomic E-state index is 5.46. The van der Waals surface area contributed by atoms with Gasteiger partial charge in [0.15, 0.2) is 6.79 Å². The zero-order chi connectivity index (χ0) is 11.9. The second-order valence-corrected chi connectivity index (χ2v) is 3.91. The molecular formula is C15H16O2. The van der Waals surface area contributed by atoms with Gasteiger partial charge in [-0.05, 0) is 24.6 Å². The highest BCUT2D eigenvalue weighted by atomic mass is 16.7. The summed E-state index contributed by atoms with van der Waals surface area (Å²) in [7, 11) is 0. The molecule has 2 nitrogen and oxygen atoms in total. The van der Waals surface area contributed by atoms with E-state index < -0.39 is 0 Å². The quantitative estimate of drug-likeness (QED) is 0.575. The van der Waals surface area contributed by atoms with Crippen LogP contribution in [-0.4, -0.2) is 6.79 Å². The molecule has 0 bridgehead atoms. The number of hydrogen-bond donors (Lipinski definition) is 0. The van der Waals surface area contributed by atoms with Crippen LogP contribution in [0.1, 0.15) is 11.1 Å². The van der Waals surface area contributed by atoms with Gasteiger partial charge >= 0.3 is 0 Å². The van der Waals surface area contributed by atoms with Gasteiger partial charge in [0.25, 0.3) is 0 Å². The molecule has 0 aromatic heterocycles. The predicted molar refractivity (Wildman–Crippen MR) is 67.9 cm³/mol. The molecule has 0 saturated carbocycles. The summed E-state index contributed by atoms with van der Waals surface area (Å²) in [6.07, 6.45) is 0. The molecule has 17 heavy (non-hydrogen) atoms. The first kappa shape index (κ1) is 11.7. The Morgan fingerprint density at radius 1 is 0.882 bits per heavy atom. The van der Waals surface area contributed by atoms with Gasteiger partial charge < -0.3 is 9.47 Å². The van der Waals surface area contributed by atoms with Gasteiger partial charge in [0, 0.05) is 0 Å². The molecule has 0 aliphatic rings. The van der Waals surface area contributed by atoms with Crippen LogP contribution in [-0.2, 0) is 11.3 Å². The first-order valence-corrected chi connectivity index (χ1v) is 5.66. The predicted octanol–water partition coefficient (Wildman–Crippen LogP) is 3.55. The third kappa shape index (κ3) is 3.93. The Balaban J connectivity index is 1.71. The van der Waals surface area contributed by atoms with E-state index in [-0.39, 0.29) is 6.79 Å². The molecule has 0 fully saturated rings. The molecule has 2 aromatic carbocycles. The Hall–Kier alpha value is -1.80. The third-order valence-electron chi connectivity index (χ3n) is 2.44. The molecule has 0 unspecified atom stereocenters. The summed E-state index contributed by atoms with van der Waals surface area (Å²) in [4.78, 5) is 0. The normalized spacial score (nSPS) is 10.2. The Morgan fingerprint density at radius 2 is 1.59 bits per heavy atom. The van der Waals surface area contributed by atoms with Crippen LogP contribution >= 0.6 is 0 Å². The van der Waals surface area contributed by atoms with Crippen LogP contribution in [0.15, 0.2) is 54.6 Å². The van der Waals surface area contributed by atoms with Crippen LogP contribution in [0.25, 0.3) is 0 Å². The summed E-state index contributed by atoms with van der Waals surface area (Å²) in [5.74, 6) is 0.837. The minimum Gasteiger partial charge on any atom is -0.468 e. The van der Waals surface area contributed by atoms with E-state index in [2.05, 4.69) is 6.92 Å². The van der Waals surface area contributed by atoms with Crippen molar-refractivity contribution in [2.45, 2.75) is 13.5 Å². The lowest BCUT2D eigenvalue weighted by atomic mass is 10.2. The molecule has 2 rings (SSSR count). The van der Waals surface area contributed by atoms with E-state index in [9.17, 15) is 0 Å². The van der Waals surface area contributed by atoms with Crippen molar-refractivity contribution in [3.05, 3.63) is 65.7 Å². The Morgan fingerprint density at radius 3 is 2.29 bits per heavy atom. The van der Waals surface area contributed by atoms with Crippen LogP contribution in [0.4, 0.5) is 0 Å². The van der Waals surface area contributed by atoms with Crippen LogP contribution in [0.5, 0.6) is 5.75 Å². The highest BCUT2D eigenvalue weighted by molar-refractivity contribution is 5.26. The van der Waals surface area contributed by atoms with E-state index in [1.165, 1.54) is 5.56 Å². The number of rotatable bonds is 5. The Bertz CT molecular complexity index is 434. The van der Waals surface area contributed by atoms with Crippen molar-refractivity contribution in [3.63, 3.8) is 0 Å². The molecule has 0 atom stereocenters. The van der Waals surface area contributed by atoms with Gasteiger partial charge in [-0.15, -0.1) is 0 Å². The van der Waals surface area contributed by atoms with Crippen molar-refractivity contribution in [2.75, 3.05) is 6.79 Å². The molecule has 0 amide bonds. The minimum atomic E-state index is 0.276. The number of benzene rings is 2. The third-order valence-corrected chi connectivity index (χ3v) is 2.44. The summed E-state index contributed by atoms with van der Waals surface area (Å²) in [5, 5.41) is 0. The second kappa shape index (κ2) is 6.06. The lowest BCUT2D eigenvalue weighted by Gasteiger charge is -2.07. The molecule has 88 valence electrons. The molecule has 0 saturated heterocycles. The average molecular weight is 228 g/mol. The molecule has 2 heteroatoms. The smallest absolute Gasteiger partial charge is 0.189 e. The average Bonchev–Trinajstić information content (AvgIpc) is 2.38. The van der Waals surface area contributed by atoms with E-state index in [1.54, 1.807) is 0 Å². The molecule has 0 heterocycles. The van der Waals surface area contributed by atoms with Gasteiger partial charge in [-0.2, -0.15) is 0 Å². The van der Waals surface area contributed by atoms with Gasteiger partial charge in [-0.3, -0.25) is 0 Å². The number of ether oxygens (including phenoxy) is 2. The summed E-state index contributed by atoms with van der Waals surface area (Å²) in [5.41, 5.74) is 2.38. The lowest BCUT2D eigenvalue weighted by molar-refractivity contribution is 0.00504. The molecule has 0 N–H and O–H groups in total. The van der Waals surface area contributed by atoms with Crippen molar-refractivity contribution < 1.29 is 9.47 Å². The molecule has 0 radical (unpaired) electrons. The van der Waals surface area contributed by atoms with Gasteiger partial charge in [-0.25, -0.2) is 0 Å². The lowest BCUT2D eigenvalue weighted by Crippen LogP contribution is -2.02. The van der Waals surface area contributed by atoms with Crippen LogP contribution in [0, 0.1) is 6.92 Å². The largest absolute Gasteiger partial charge is 0.468 e. The first-order chi connectivity index (χ1) is 8.34. The standard InChI is InChI=1S/C15H16O2/c1-13-7-9-15(10-8-13)17-12-16-11-14-5-3-2-4-6-14/h2-10H,11-12H2,1H3. The van der Waals surface area contributed by atoms with Gasteiger partial charge in [0.05, 0.1) is 6.61 Å². The fourth-order valence-electron chi connectivity index (χ4n) is 1.48. The maximum Gasteiger partial charge on any atom is 0.189 e. The zero-order valence-electron chi connectivity index (χ0n) is 9.93. The molecule has 0 aliphatic heterocycles. The second-order valence-electron chi connectivity index (χ2n) is 3.91. The van der Waals surface area contributed by atoms with E-state index >= 15 is 0 Å². The topological polar surface area (TPSA) is 18.5 Å². The Labute approximate surface area is 102 Å². The SMILES string of the molecule is Cc1ccc(OCOCc2ccccc2)cc1. The summed E-state index contributed by atoms with van der Waals surface area (Å²) < 4.78 is 10.9. The van der Waals surface area contributed by atoms with Crippen molar-refractivity contribution in [3.8, 4) is 5.75 Å². The fourth-order valence-corrected chi connectivity index (χ4v) is 1.48. The van der Waals surface area contributed by atoms with Crippen molar-refractivity contribution in [2.24, 2.45) is 0 Å². The number of hydrogen-bond acceptors (Lipinski definition) is 2. The van der Waals surface area contributed by atoms with E-state index in [1.807, 2.05) is 54.6 Å². The zero-order valence-corrected chi connectivity index (χ0v) is 9.93. The fraction of sp³-hybridized carbons (Fsp3) is 0.200. The van der Waals surface area contributed by atoms with Crippen LogP contribution in [0.3, 0.4) is 0 Å². The minimum absolute atomic E-state index is 0.276. The van der Waals surface area contributed by atoms with Gasteiger partial charge in [0.1, 0.15) is 5.75 Å². The van der Waals surface area contributed by atoms with E-state index in [0.29, 0.717) is 6.61 Å². The molecule has 0 spiro atoms. The first-order valence-electron chi connectivity index (χ1n) is 5.66. The van der Waals surface area contributed by atoms with Crippen LogP contribution in [0.2, 0.25) is 0 Å². The highest BCUT2D eigenvalue weighted by Gasteiger charge is 1.94. The van der Waals surface area contributed by atoms with Gasteiger partial charge in [0.2, 0.25) is 0 Å². The van der Waals surface area contributed by atoms with Crippen LogP contribution < -0.4 is 4.74 Å². The van der Waals surface area contributed by atoms with Crippen molar-refractivity contribution >= 4 is 0 Å². The Kier molecular flexibility index (Phi) is 4.17.